The van der Waals surface area contributed by atoms with Crippen LogP contribution in [0.3, 0.4) is 0 Å². The summed E-state index contributed by atoms with van der Waals surface area (Å²) in [4.78, 5) is 15.0. The minimum atomic E-state index is -0.00691. The summed E-state index contributed by atoms with van der Waals surface area (Å²) in [5.74, 6) is -0.00691. The molecule has 0 bridgehead atoms. The van der Waals surface area contributed by atoms with Gasteiger partial charge in [0.25, 0.3) is 5.91 Å². The first-order valence-electron chi connectivity index (χ1n) is 9.05. The molecule has 148 valence electrons. The predicted molar refractivity (Wildman–Crippen MR) is 117 cm³/mol. The fourth-order valence-corrected chi connectivity index (χ4v) is 3.38. The molecule has 0 aliphatic carbocycles. The van der Waals surface area contributed by atoms with Crippen LogP contribution in [0.4, 0.5) is 5.69 Å². The van der Waals surface area contributed by atoms with E-state index in [1.165, 1.54) is 5.56 Å². The van der Waals surface area contributed by atoms with Gasteiger partial charge in [-0.05, 0) is 49.4 Å². The molecule has 3 rings (SSSR count). The number of nitrogens with one attached hydrogen (secondary N) is 1. The Labute approximate surface area is 174 Å². The highest BCUT2D eigenvalue weighted by Crippen LogP contribution is 2.15. The largest absolute Gasteiger partial charge is 0.399 e. The first-order valence-corrected chi connectivity index (χ1v) is 9.05. The molecule has 2 aromatic rings. The lowest BCUT2D eigenvalue weighted by Crippen LogP contribution is -2.45. The Morgan fingerprint density at radius 3 is 2.44 bits per heavy atom. The molecule has 3 N–H and O–H groups in total. The van der Waals surface area contributed by atoms with E-state index in [0.29, 0.717) is 11.3 Å². The summed E-state index contributed by atoms with van der Waals surface area (Å²) in [5.41, 5.74) is 9.48. The Morgan fingerprint density at radius 1 is 1.11 bits per heavy atom. The molecule has 0 spiro atoms. The van der Waals surface area contributed by atoms with E-state index >= 15 is 0 Å². The molecule has 27 heavy (non-hydrogen) atoms. The van der Waals surface area contributed by atoms with Gasteiger partial charge in [-0.1, -0.05) is 36.4 Å². The fourth-order valence-electron chi connectivity index (χ4n) is 3.38. The van der Waals surface area contributed by atoms with Crippen LogP contribution in [0.15, 0.2) is 48.5 Å². The van der Waals surface area contributed by atoms with Gasteiger partial charge < -0.3 is 16.0 Å². The van der Waals surface area contributed by atoms with E-state index in [0.717, 1.165) is 44.5 Å². The number of rotatable bonds is 5. The van der Waals surface area contributed by atoms with Gasteiger partial charge in [-0.15, -0.1) is 24.8 Å². The Bertz CT molecular complexity index is 717. The van der Waals surface area contributed by atoms with Crippen LogP contribution in [0, 0.1) is 6.92 Å². The highest BCUT2D eigenvalue weighted by Gasteiger charge is 2.21. The van der Waals surface area contributed by atoms with Crippen molar-refractivity contribution in [3.05, 3.63) is 65.2 Å². The molecule has 0 saturated carbocycles. The van der Waals surface area contributed by atoms with Gasteiger partial charge >= 0.3 is 0 Å². The van der Waals surface area contributed by atoms with E-state index in [1.54, 1.807) is 6.07 Å². The lowest BCUT2D eigenvalue weighted by molar-refractivity contribution is 0.0911. The Hall–Kier alpha value is -1.75. The molecule has 1 aliphatic heterocycles. The molecular weight excluding hydrogens is 381 g/mol. The van der Waals surface area contributed by atoms with Crippen molar-refractivity contribution in [2.45, 2.75) is 32.2 Å². The molecule has 4 nitrogen and oxygen atoms in total. The van der Waals surface area contributed by atoms with Crippen LogP contribution in [0.1, 0.15) is 34.3 Å². The minimum absolute atomic E-state index is 0. The van der Waals surface area contributed by atoms with Crippen molar-refractivity contribution < 1.29 is 4.79 Å². The number of benzene rings is 2. The molecule has 0 atom stereocenters. The fraction of sp³-hybridized carbons (Fsp3) is 0.381. The molecule has 1 amide bonds. The molecule has 1 aliphatic rings. The maximum Gasteiger partial charge on any atom is 0.251 e. The number of anilines is 1. The lowest BCUT2D eigenvalue weighted by Gasteiger charge is -2.32. The number of carbonyl (C=O) groups is 1. The van der Waals surface area contributed by atoms with Crippen molar-refractivity contribution >= 4 is 36.4 Å². The third-order valence-electron chi connectivity index (χ3n) is 4.99. The number of nitrogens with two attached hydrogens (primary N) is 1. The minimum Gasteiger partial charge on any atom is -0.399 e. The Kier molecular flexibility index (Phi) is 9.64. The second-order valence-corrected chi connectivity index (χ2v) is 6.90. The number of halogens is 2. The maximum atomic E-state index is 12.5. The zero-order valence-corrected chi connectivity index (χ0v) is 17.3. The zero-order valence-electron chi connectivity index (χ0n) is 15.7. The van der Waals surface area contributed by atoms with Gasteiger partial charge in [0.2, 0.25) is 0 Å². The molecular formula is C21H29Cl2N3O. The molecule has 0 aromatic heterocycles. The first-order chi connectivity index (χ1) is 12.1. The molecule has 0 unspecified atom stereocenters. The van der Waals surface area contributed by atoms with Crippen molar-refractivity contribution in [2.24, 2.45) is 0 Å². The van der Waals surface area contributed by atoms with Gasteiger partial charge in [0.1, 0.15) is 0 Å². The van der Waals surface area contributed by atoms with Gasteiger partial charge in [-0.2, -0.15) is 0 Å². The maximum absolute atomic E-state index is 12.5. The molecule has 6 heteroatoms. The second-order valence-electron chi connectivity index (χ2n) is 6.90. The van der Waals surface area contributed by atoms with Crippen LogP contribution >= 0.6 is 24.8 Å². The third kappa shape index (κ3) is 6.73. The van der Waals surface area contributed by atoms with E-state index in [-0.39, 0.29) is 36.8 Å². The average Bonchev–Trinajstić information content (AvgIpc) is 2.64. The standard InChI is InChI=1S/C21H27N3O.2ClH/c1-16-7-8-18(22)15-20(16)21(25)23-19-10-13-24(14-11-19)12-9-17-5-3-2-4-6-17;;/h2-8,15,19H,9-14,22H2,1H3,(H,23,25);2*1H. The van der Waals surface area contributed by atoms with Crippen LogP contribution in [0.2, 0.25) is 0 Å². The number of carbonyl (C=O) groups excluding carboxylic acids is 1. The summed E-state index contributed by atoms with van der Waals surface area (Å²) in [6, 6.07) is 16.3. The normalized spacial score (nSPS) is 14.7. The highest BCUT2D eigenvalue weighted by atomic mass is 35.5. The molecule has 1 saturated heterocycles. The van der Waals surface area contributed by atoms with Crippen molar-refractivity contribution in [2.75, 3.05) is 25.4 Å². The van der Waals surface area contributed by atoms with Crippen LogP contribution in [0.5, 0.6) is 0 Å². The van der Waals surface area contributed by atoms with Crippen LogP contribution in [-0.4, -0.2) is 36.5 Å². The number of hydrogen-bond acceptors (Lipinski definition) is 3. The first kappa shape index (κ1) is 23.3. The van der Waals surface area contributed by atoms with Crippen LogP contribution < -0.4 is 11.1 Å². The van der Waals surface area contributed by atoms with Crippen LogP contribution in [0.25, 0.3) is 0 Å². The van der Waals surface area contributed by atoms with E-state index in [9.17, 15) is 4.79 Å². The van der Waals surface area contributed by atoms with Gasteiger partial charge in [0, 0.05) is 36.9 Å². The summed E-state index contributed by atoms with van der Waals surface area (Å²) < 4.78 is 0. The summed E-state index contributed by atoms with van der Waals surface area (Å²) in [7, 11) is 0. The Morgan fingerprint density at radius 2 is 1.78 bits per heavy atom. The molecule has 1 heterocycles. The summed E-state index contributed by atoms with van der Waals surface area (Å²) in [6.45, 7) is 5.10. The van der Waals surface area contributed by atoms with Crippen molar-refractivity contribution in [1.29, 1.82) is 0 Å². The van der Waals surface area contributed by atoms with E-state index < -0.39 is 0 Å². The SMILES string of the molecule is Cc1ccc(N)cc1C(=O)NC1CCN(CCc2ccccc2)CC1.Cl.Cl. The smallest absolute Gasteiger partial charge is 0.251 e. The predicted octanol–water partition coefficient (Wildman–Crippen LogP) is 3.86. The second kappa shape index (κ2) is 11.2. The number of aryl methyl sites for hydroxylation is 1. The number of nitrogens with zero attached hydrogens (tertiary/aromatic N) is 1. The van der Waals surface area contributed by atoms with Gasteiger partial charge in [0.15, 0.2) is 0 Å². The Balaban J connectivity index is 0.00000182. The molecule has 0 radical (unpaired) electrons. The van der Waals surface area contributed by atoms with Gasteiger partial charge in [0.05, 0.1) is 0 Å². The summed E-state index contributed by atoms with van der Waals surface area (Å²) in [6.07, 6.45) is 3.09. The third-order valence-corrected chi connectivity index (χ3v) is 4.99. The van der Waals surface area contributed by atoms with E-state index in [2.05, 4.69) is 40.5 Å². The van der Waals surface area contributed by atoms with Gasteiger partial charge in [-0.3, -0.25) is 4.79 Å². The molecule has 1 fully saturated rings. The highest BCUT2D eigenvalue weighted by molar-refractivity contribution is 5.96. The number of likely N-dealkylation sites (tertiary alicyclic amines) is 1. The van der Waals surface area contributed by atoms with Gasteiger partial charge in [-0.25, -0.2) is 0 Å². The van der Waals surface area contributed by atoms with E-state index in [1.807, 2.05) is 19.1 Å². The number of amides is 1. The average molecular weight is 410 g/mol. The zero-order chi connectivity index (χ0) is 17.6. The van der Waals surface area contributed by atoms with Crippen molar-refractivity contribution in [1.82, 2.24) is 10.2 Å². The summed E-state index contributed by atoms with van der Waals surface area (Å²) in [5, 5.41) is 3.18. The van der Waals surface area contributed by atoms with Crippen LogP contribution in [-0.2, 0) is 6.42 Å². The van der Waals surface area contributed by atoms with Crippen molar-refractivity contribution in [3.63, 3.8) is 0 Å². The number of piperidine rings is 1. The lowest BCUT2D eigenvalue weighted by atomic mass is 10.0. The quantitative estimate of drug-likeness (QED) is 0.736. The van der Waals surface area contributed by atoms with Crippen molar-refractivity contribution in [3.8, 4) is 0 Å². The topological polar surface area (TPSA) is 58.4 Å². The monoisotopic (exact) mass is 409 g/mol. The summed E-state index contributed by atoms with van der Waals surface area (Å²) >= 11 is 0. The number of nitrogen functional groups attached to an aromatic ring is 1. The number of hydrogen-bond donors (Lipinski definition) is 2. The molecule has 2 aromatic carbocycles. The van der Waals surface area contributed by atoms with E-state index in [4.69, 9.17) is 5.73 Å².